The lowest BCUT2D eigenvalue weighted by Gasteiger charge is -2.28. The molecule has 0 spiro atoms. The minimum absolute atomic E-state index is 0.174. The van der Waals surface area contributed by atoms with E-state index in [2.05, 4.69) is 115 Å². The number of carbonyl (C=O) groups is 2. The summed E-state index contributed by atoms with van der Waals surface area (Å²) in [6.07, 6.45) is 18.1. The molecule has 0 radical (unpaired) electrons. The summed E-state index contributed by atoms with van der Waals surface area (Å²) in [5.41, 5.74) is 6.20. The molecule has 1 aromatic carbocycles. The molecule has 2 rings (SSSR count). The van der Waals surface area contributed by atoms with Crippen molar-refractivity contribution in [3.8, 4) is 0 Å². The molecular formula is C48H89N3O3S. The second-order valence-electron chi connectivity index (χ2n) is 15.3. The number of rotatable bonds is 23. The van der Waals surface area contributed by atoms with Gasteiger partial charge in [0.2, 0.25) is 5.91 Å². The fraction of sp³-hybridized carbons (Fsp3) is 0.708. The molecule has 55 heavy (non-hydrogen) atoms. The topological polar surface area (TPSA) is 72.9 Å². The number of aldehydes is 1. The van der Waals surface area contributed by atoms with Gasteiger partial charge in [-0.3, -0.25) is 4.79 Å². The number of thioether (sulfide) groups is 1. The number of carbonyl (C=O) groups excluding carboxylic acids is 2. The number of nitrogens with one attached hydrogen (secondary N) is 1. The highest BCUT2D eigenvalue weighted by Crippen LogP contribution is 2.30. The quantitative estimate of drug-likeness (QED) is 0.108. The van der Waals surface area contributed by atoms with Gasteiger partial charge in [-0.15, -0.1) is 0 Å². The summed E-state index contributed by atoms with van der Waals surface area (Å²) < 4.78 is 0. The largest absolute Gasteiger partial charge is 0.400 e. The molecule has 0 bridgehead atoms. The number of aliphatic hydroxyl groups excluding tert-OH is 1. The Hall–Kier alpha value is -2.51. The number of unbranched alkanes of at least 4 members (excludes halogenated alkanes) is 1. The highest BCUT2D eigenvalue weighted by Gasteiger charge is 2.33. The van der Waals surface area contributed by atoms with Gasteiger partial charge in [-0.25, -0.2) is 0 Å². The second-order valence-corrected chi connectivity index (χ2v) is 16.3. The lowest BCUT2D eigenvalue weighted by molar-refractivity contribution is -0.130. The lowest BCUT2D eigenvalue weighted by atomic mass is 9.85. The average Bonchev–Trinajstić information content (AvgIpc) is 3.44. The molecule has 4 unspecified atom stereocenters. The van der Waals surface area contributed by atoms with Crippen LogP contribution in [0.5, 0.6) is 0 Å². The predicted molar refractivity (Wildman–Crippen MR) is 248 cm³/mol. The van der Waals surface area contributed by atoms with Crippen LogP contribution in [0.25, 0.3) is 0 Å². The van der Waals surface area contributed by atoms with E-state index in [1.165, 1.54) is 28.8 Å². The van der Waals surface area contributed by atoms with Gasteiger partial charge in [0.25, 0.3) is 0 Å². The first kappa shape index (κ1) is 56.8. The molecule has 1 saturated heterocycles. The zero-order valence-electron chi connectivity index (χ0n) is 38.6. The summed E-state index contributed by atoms with van der Waals surface area (Å²) in [4.78, 5) is 27.0. The highest BCUT2D eigenvalue weighted by atomic mass is 32.2. The molecule has 1 aromatic rings. The third kappa shape index (κ3) is 25.4. The van der Waals surface area contributed by atoms with Gasteiger partial charge >= 0.3 is 0 Å². The number of hydrogen-bond donors (Lipinski definition) is 2. The first-order valence-corrected chi connectivity index (χ1v) is 23.0. The van der Waals surface area contributed by atoms with Crippen LogP contribution in [0.3, 0.4) is 0 Å². The monoisotopic (exact) mass is 788 g/mol. The van der Waals surface area contributed by atoms with Crippen LogP contribution in [-0.2, 0) is 22.4 Å². The van der Waals surface area contributed by atoms with E-state index in [4.69, 9.17) is 5.11 Å². The molecule has 1 fully saturated rings. The van der Waals surface area contributed by atoms with Crippen molar-refractivity contribution >= 4 is 29.6 Å². The van der Waals surface area contributed by atoms with E-state index in [1.54, 1.807) is 11.9 Å². The molecule has 1 aliphatic rings. The molecule has 7 heteroatoms. The van der Waals surface area contributed by atoms with Crippen molar-refractivity contribution in [3.05, 3.63) is 66.2 Å². The Morgan fingerprint density at radius 3 is 2.15 bits per heavy atom. The van der Waals surface area contributed by atoms with Crippen LogP contribution < -0.4 is 5.32 Å². The van der Waals surface area contributed by atoms with Crippen molar-refractivity contribution in [1.82, 2.24) is 9.80 Å². The minimum atomic E-state index is 0.174. The van der Waals surface area contributed by atoms with Crippen LogP contribution >= 0.6 is 11.8 Å². The van der Waals surface area contributed by atoms with Gasteiger partial charge in [0.05, 0.1) is 0 Å². The number of anilines is 1. The lowest BCUT2D eigenvalue weighted by Crippen LogP contribution is -2.29. The van der Waals surface area contributed by atoms with E-state index < -0.39 is 0 Å². The summed E-state index contributed by atoms with van der Waals surface area (Å²) in [5.74, 6) is 3.97. The third-order valence-electron chi connectivity index (χ3n) is 9.60. The van der Waals surface area contributed by atoms with E-state index in [9.17, 15) is 9.59 Å². The summed E-state index contributed by atoms with van der Waals surface area (Å²) in [7, 11) is 2.80. The molecule has 320 valence electrons. The van der Waals surface area contributed by atoms with Gasteiger partial charge in [0.1, 0.15) is 6.29 Å². The van der Waals surface area contributed by atoms with Crippen molar-refractivity contribution in [2.45, 2.75) is 147 Å². The first-order chi connectivity index (χ1) is 26.3. The van der Waals surface area contributed by atoms with Crippen molar-refractivity contribution in [3.63, 3.8) is 0 Å². The maximum absolute atomic E-state index is 11.4. The Morgan fingerprint density at radius 1 is 1.04 bits per heavy atom. The predicted octanol–water partition coefficient (Wildman–Crippen LogP) is 12.7. The SMILES string of the molecule is C=C(CCc1ccc(CC(C)CC(C)CC(C=O)CCC)c(N/C=C/CCC)c1)N(CCSC)CC(C)C.C=C1CC(C(C)C)C(=O)N1C.CC.CC.CO. The number of hydrogen-bond acceptors (Lipinski definition) is 6. The summed E-state index contributed by atoms with van der Waals surface area (Å²) >= 11 is 1.90. The highest BCUT2D eigenvalue weighted by molar-refractivity contribution is 7.98. The molecule has 6 nitrogen and oxygen atoms in total. The Bertz CT molecular complexity index is 1170. The molecule has 2 N–H and O–H groups in total. The molecular weight excluding hydrogens is 699 g/mol. The standard InChI is InChI=1S/C34H58N2OS.C9H15NO.2C2H6.CH4O/c1-9-11-12-18-35-34-24-31(15-14-30(7)36(19-20-38-8)25-27(3)4)16-17-33(34)23-29(6)21-28(5)22-32(26-37)13-10-2;1-6(2)8-5-7(3)10(4)9(8)11;3*1-2/h12,16-18,24,26-29,32,35H,7,9-11,13-15,19-23,25H2,1-6,8H3;6,8H,3,5H2,1-2,4H3;2*1-2H3;2H,1H3/b18-12+;;;;. The molecule has 0 saturated carbocycles. The van der Waals surface area contributed by atoms with E-state index in [0.29, 0.717) is 23.7 Å². The van der Waals surface area contributed by atoms with Gasteiger partial charge in [0.15, 0.2) is 0 Å². The summed E-state index contributed by atoms with van der Waals surface area (Å²) in [6, 6.07) is 7.01. The fourth-order valence-electron chi connectivity index (χ4n) is 6.73. The normalized spacial score (nSPS) is 15.1. The molecule has 1 amide bonds. The van der Waals surface area contributed by atoms with Crippen LogP contribution in [0, 0.1) is 35.5 Å². The number of benzene rings is 1. The molecule has 0 aromatic heterocycles. The number of likely N-dealkylation sites (tertiary alicyclic amines) is 1. The maximum atomic E-state index is 11.4. The Balaban J connectivity index is -0.00000132. The van der Waals surface area contributed by atoms with Crippen molar-refractivity contribution in [2.24, 2.45) is 35.5 Å². The summed E-state index contributed by atoms with van der Waals surface area (Å²) in [5, 5.41) is 10.6. The van der Waals surface area contributed by atoms with Gasteiger partial charge in [-0.2, -0.15) is 11.8 Å². The van der Waals surface area contributed by atoms with Crippen LogP contribution in [0.1, 0.15) is 146 Å². The minimum Gasteiger partial charge on any atom is -0.400 e. The second kappa shape index (κ2) is 35.9. The van der Waals surface area contributed by atoms with E-state index in [-0.39, 0.29) is 17.7 Å². The van der Waals surface area contributed by atoms with Gasteiger partial charge in [-0.05, 0) is 105 Å². The van der Waals surface area contributed by atoms with Crippen LogP contribution in [0.2, 0.25) is 0 Å². The Kier molecular flexibility index (Phi) is 37.1. The number of aryl methyl sites for hydroxylation is 1. The van der Waals surface area contributed by atoms with Gasteiger partial charge in [0, 0.05) is 61.9 Å². The maximum Gasteiger partial charge on any atom is 0.230 e. The van der Waals surface area contributed by atoms with Gasteiger partial charge in [-0.1, -0.05) is 127 Å². The van der Waals surface area contributed by atoms with Crippen molar-refractivity contribution in [2.75, 3.05) is 44.6 Å². The Labute approximate surface area is 346 Å². The Morgan fingerprint density at radius 2 is 1.67 bits per heavy atom. The van der Waals surface area contributed by atoms with Gasteiger partial charge < -0.3 is 25.0 Å². The van der Waals surface area contributed by atoms with Crippen LogP contribution in [-0.4, -0.2) is 66.4 Å². The zero-order valence-corrected chi connectivity index (χ0v) is 39.4. The number of amides is 1. The molecule has 1 heterocycles. The molecule has 4 atom stereocenters. The first-order valence-electron chi connectivity index (χ1n) is 21.6. The van der Waals surface area contributed by atoms with Crippen LogP contribution in [0.15, 0.2) is 55.0 Å². The smallest absolute Gasteiger partial charge is 0.230 e. The fourth-order valence-corrected chi connectivity index (χ4v) is 7.14. The molecule has 1 aliphatic heterocycles. The number of allylic oxidation sites excluding steroid dienone is 3. The summed E-state index contributed by atoms with van der Waals surface area (Å²) in [6.45, 7) is 36.2. The van der Waals surface area contributed by atoms with Crippen molar-refractivity contribution < 1.29 is 14.7 Å². The molecule has 0 aliphatic carbocycles. The van der Waals surface area contributed by atoms with E-state index >= 15 is 0 Å². The van der Waals surface area contributed by atoms with E-state index in [0.717, 1.165) is 95.9 Å². The third-order valence-corrected chi connectivity index (χ3v) is 10.2. The average molecular weight is 788 g/mol. The van der Waals surface area contributed by atoms with Crippen molar-refractivity contribution in [1.29, 1.82) is 0 Å². The van der Waals surface area contributed by atoms with Crippen LogP contribution in [0.4, 0.5) is 5.69 Å². The zero-order chi connectivity index (χ0) is 42.9. The number of nitrogens with zero attached hydrogens (tertiary/aromatic N) is 2. The number of aliphatic hydroxyl groups is 1. The van der Waals surface area contributed by atoms with E-state index in [1.807, 2.05) is 39.5 Å².